The van der Waals surface area contributed by atoms with Crippen LogP contribution in [0.5, 0.6) is 5.75 Å². The molecule has 0 saturated heterocycles. The van der Waals surface area contributed by atoms with E-state index in [1.165, 1.54) is 19.2 Å². The number of benzene rings is 2. The van der Waals surface area contributed by atoms with Crippen molar-refractivity contribution in [1.82, 2.24) is 5.32 Å². The van der Waals surface area contributed by atoms with E-state index in [-0.39, 0.29) is 16.5 Å². The summed E-state index contributed by atoms with van der Waals surface area (Å²) in [4.78, 5) is 24.3. The highest BCUT2D eigenvalue weighted by molar-refractivity contribution is 6.30. The van der Waals surface area contributed by atoms with Gasteiger partial charge < -0.3 is 20.7 Å². The Bertz CT molecular complexity index is 830. The fraction of sp³-hybridized carbons (Fsp3) is 0.263. The number of halogens is 2. The molecule has 3 N–H and O–H groups in total. The highest BCUT2D eigenvalue weighted by Crippen LogP contribution is 2.29. The Morgan fingerprint density at radius 1 is 1.15 bits per heavy atom. The van der Waals surface area contributed by atoms with Crippen molar-refractivity contribution in [2.45, 2.75) is 12.8 Å². The lowest BCUT2D eigenvalue weighted by Gasteiger charge is -2.13. The Morgan fingerprint density at radius 2 is 1.93 bits per heavy atom. The van der Waals surface area contributed by atoms with E-state index in [0.29, 0.717) is 30.0 Å². The first-order valence-electron chi connectivity index (χ1n) is 8.33. The van der Waals surface area contributed by atoms with Crippen LogP contribution in [0.15, 0.2) is 36.4 Å². The molecule has 2 rings (SSSR count). The molecule has 8 heteroatoms. The summed E-state index contributed by atoms with van der Waals surface area (Å²) in [6.45, 7) is 0.740. The van der Waals surface area contributed by atoms with Crippen molar-refractivity contribution in [2.24, 2.45) is 0 Å². The van der Waals surface area contributed by atoms with Crippen LogP contribution in [-0.2, 0) is 4.79 Å². The summed E-state index contributed by atoms with van der Waals surface area (Å²) in [6.07, 6.45) is 1.07. The second-order valence-corrected chi connectivity index (χ2v) is 6.19. The number of carbonyl (C=O) groups excluding carboxylic acids is 2. The molecule has 2 amide bonds. The first-order valence-corrected chi connectivity index (χ1v) is 8.71. The maximum atomic E-state index is 13.9. The van der Waals surface area contributed by atoms with Gasteiger partial charge in [0.15, 0.2) is 0 Å². The molecule has 0 heterocycles. The Balaban J connectivity index is 2.15. The highest BCUT2D eigenvalue weighted by Gasteiger charge is 2.15. The average Bonchev–Trinajstić information content (AvgIpc) is 2.62. The van der Waals surface area contributed by atoms with Gasteiger partial charge in [0.25, 0.3) is 5.91 Å². The van der Waals surface area contributed by atoms with Gasteiger partial charge in [0, 0.05) is 17.1 Å². The molecule has 0 radical (unpaired) electrons. The van der Waals surface area contributed by atoms with Crippen molar-refractivity contribution in [2.75, 3.05) is 31.3 Å². The molecule has 0 fully saturated rings. The molecule has 6 nitrogen and oxygen atoms in total. The molecule has 0 aliphatic heterocycles. The van der Waals surface area contributed by atoms with Gasteiger partial charge in [-0.15, -0.1) is 0 Å². The molecule has 2 aromatic carbocycles. The van der Waals surface area contributed by atoms with Crippen LogP contribution in [0, 0.1) is 5.82 Å². The zero-order valence-electron chi connectivity index (χ0n) is 15.1. The maximum absolute atomic E-state index is 13.9. The number of methoxy groups -OCH3 is 1. The predicted octanol–water partition coefficient (Wildman–Crippen LogP) is 3.68. The lowest BCUT2D eigenvalue weighted by Crippen LogP contribution is -2.16. The maximum Gasteiger partial charge on any atom is 0.258 e. The van der Waals surface area contributed by atoms with Crippen molar-refractivity contribution in [1.29, 1.82) is 0 Å². The number of hydrogen-bond acceptors (Lipinski definition) is 4. The normalized spacial score (nSPS) is 10.4. The van der Waals surface area contributed by atoms with Gasteiger partial charge in [0.05, 0.1) is 18.4 Å². The number of carbonyl (C=O) groups is 2. The summed E-state index contributed by atoms with van der Waals surface area (Å²) in [5.41, 5.74) is 0.657. The zero-order chi connectivity index (χ0) is 19.8. The van der Waals surface area contributed by atoms with E-state index in [1.807, 2.05) is 7.05 Å². The second-order valence-electron chi connectivity index (χ2n) is 5.75. The molecular weight excluding hydrogens is 373 g/mol. The van der Waals surface area contributed by atoms with Gasteiger partial charge >= 0.3 is 0 Å². The summed E-state index contributed by atoms with van der Waals surface area (Å²) in [5, 5.41) is 8.53. The SMILES string of the molecule is CNCCCC(=O)Nc1ccc(OC)c(NC(=O)c2ccc(Cl)cc2F)c1. The summed E-state index contributed by atoms with van der Waals surface area (Å²) in [5.74, 6) is -1.14. The number of rotatable bonds is 8. The number of anilines is 2. The van der Waals surface area contributed by atoms with Crippen molar-refractivity contribution in [3.05, 3.63) is 52.8 Å². The van der Waals surface area contributed by atoms with Crippen LogP contribution in [-0.4, -0.2) is 32.5 Å². The molecular formula is C19H21ClFN3O3. The predicted molar refractivity (Wildman–Crippen MR) is 104 cm³/mol. The standard InChI is InChI=1S/C19H21ClFN3O3/c1-22-9-3-4-18(25)23-13-6-8-17(27-2)16(11-13)24-19(26)14-7-5-12(20)10-15(14)21/h5-8,10-11,22H,3-4,9H2,1-2H3,(H,23,25)(H,24,26). The Morgan fingerprint density at radius 3 is 2.59 bits per heavy atom. The highest BCUT2D eigenvalue weighted by atomic mass is 35.5. The number of amides is 2. The summed E-state index contributed by atoms with van der Waals surface area (Å²) in [6, 6.07) is 8.62. The molecule has 0 spiro atoms. The minimum atomic E-state index is -0.729. The molecule has 0 saturated carbocycles. The molecule has 144 valence electrons. The Labute approximate surface area is 162 Å². The Hall–Kier alpha value is -2.64. The van der Waals surface area contributed by atoms with Crippen LogP contribution in [0.4, 0.5) is 15.8 Å². The van der Waals surface area contributed by atoms with E-state index < -0.39 is 11.7 Å². The number of hydrogen-bond donors (Lipinski definition) is 3. The summed E-state index contributed by atoms with van der Waals surface area (Å²) < 4.78 is 19.2. The third-order valence-corrected chi connectivity index (χ3v) is 3.97. The van der Waals surface area contributed by atoms with Gasteiger partial charge in [0.2, 0.25) is 5.91 Å². The van der Waals surface area contributed by atoms with Gasteiger partial charge in [-0.3, -0.25) is 9.59 Å². The Kier molecular flexibility index (Phi) is 7.57. The zero-order valence-corrected chi connectivity index (χ0v) is 15.8. The molecule has 0 aromatic heterocycles. The van der Waals surface area contributed by atoms with Crippen LogP contribution in [0.3, 0.4) is 0 Å². The summed E-state index contributed by atoms with van der Waals surface area (Å²) >= 11 is 5.71. The quantitative estimate of drug-likeness (QED) is 0.598. The van der Waals surface area contributed by atoms with Crippen molar-refractivity contribution in [3.63, 3.8) is 0 Å². The first-order chi connectivity index (χ1) is 12.9. The third kappa shape index (κ3) is 5.94. The van der Waals surface area contributed by atoms with Gasteiger partial charge in [-0.1, -0.05) is 11.6 Å². The van der Waals surface area contributed by atoms with Crippen LogP contribution in [0.2, 0.25) is 5.02 Å². The molecule has 0 aliphatic carbocycles. The minimum absolute atomic E-state index is 0.142. The van der Waals surface area contributed by atoms with Crippen molar-refractivity contribution in [3.8, 4) is 5.75 Å². The van der Waals surface area contributed by atoms with Gasteiger partial charge in [-0.2, -0.15) is 0 Å². The van der Waals surface area contributed by atoms with Crippen molar-refractivity contribution < 1.29 is 18.7 Å². The van der Waals surface area contributed by atoms with E-state index in [2.05, 4.69) is 16.0 Å². The topological polar surface area (TPSA) is 79.5 Å². The fourth-order valence-electron chi connectivity index (χ4n) is 2.40. The van der Waals surface area contributed by atoms with Crippen LogP contribution >= 0.6 is 11.6 Å². The largest absolute Gasteiger partial charge is 0.495 e. The monoisotopic (exact) mass is 393 g/mol. The van der Waals surface area contributed by atoms with Gasteiger partial charge in [0.1, 0.15) is 11.6 Å². The average molecular weight is 394 g/mol. The molecule has 0 aliphatic rings. The fourth-order valence-corrected chi connectivity index (χ4v) is 2.55. The van der Waals surface area contributed by atoms with Crippen LogP contribution in [0.25, 0.3) is 0 Å². The van der Waals surface area contributed by atoms with Crippen molar-refractivity contribution >= 4 is 34.8 Å². The molecule has 27 heavy (non-hydrogen) atoms. The van der Waals surface area contributed by atoms with E-state index in [9.17, 15) is 14.0 Å². The smallest absolute Gasteiger partial charge is 0.258 e. The molecule has 0 unspecified atom stereocenters. The molecule has 2 aromatic rings. The van der Waals surface area contributed by atoms with Crippen LogP contribution in [0.1, 0.15) is 23.2 Å². The lowest BCUT2D eigenvalue weighted by molar-refractivity contribution is -0.116. The minimum Gasteiger partial charge on any atom is -0.495 e. The second kappa shape index (κ2) is 9.89. The van der Waals surface area contributed by atoms with Gasteiger partial charge in [-0.05, 0) is 56.4 Å². The number of nitrogens with one attached hydrogen (secondary N) is 3. The summed E-state index contributed by atoms with van der Waals surface area (Å²) in [7, 11) is 3.27. The first kappa shape index (κ1) is 20.7. The van der Waals surface area contributed by atoms with E-state index in [1.54, 1.807) is 18.2 Å². The third-order valence-electron chi connectivity index (χ3n) is 3.74. The van der Waals surface area contributed by atoms with E-state index in [0.717, 1.165) is 12.6 Å². The molecule has 0 bridgehead atoms. The van der Waals surface area contributed by atoms with Crippen LogP contribution < -0.4 is 20.7 Å². The van der Waals surface area contributed by atoms with E-state index >= 15 is 0 Å². The van der Waals surface area contributed by atoms with E-state index in [4.69, 9.17) is 16.3 Å². The van der Waals surface area contributed by atoms with Gasteiger partial charge in [-0.25, -0.2) is 4.39 Å². The lowest BCUT2D eigenvalue weighted by atomic mass is 10.2. The molecule has 0 atom stereocenters. The number of ether oxygens (including phenoxy) is 1.